The Labute approximate surface area is 82.3 Å². The number of hydrogen-bond donors (Lipinski definition) is 0. The predicted octanol–water partition coefficient (Wildman–Crippen LogP) is 2.56. The van der Waals surface area contributed by atoms with E-state index in [1.807, 2.05) is 0 Å². The Morgan fingerprint density at radius 1 is 1.07 bits per heavy atom. The van der Waals surface area contributed by atoms with Gasteiger partial charge in [0.05, 0.1) is 0 Å². The van der Waals surface area contributed by atoms with Gasteiger partial charge < -0.3 is 0 Å². The summed E-state index contributed by atoms with van der Waals surface area (Å²) in [6, 6.07) is 4.13. The molecule has 76 valence electrons. The SMILES string of the molecule is Fc1ccc(CN2CCCC2)cc1F. The molecule has 1 saturated heterocycles. The summed E-state index contributed by atoms with van der Waals surface area (Å²) in [6.45, 7) is 2.87. The highest BCUT2D eigenvalue weighted by atomic mass is 19.2. The number of hydrogen-bond acceptors (Lipinski definition) is 1. The Hall–Kier alpha value is -0.960. The topological polar surface area (TPSA) is 3.24 Å². The Balaban J connectivity index is 2.05. The number of halogens is 2. The lowest BCUT2D eigenvalue weighted by atomic mass is 10.2. The van der Waals surface area contributed by atoms with Crippen LogP contribution in [0.3, 0.4) is 0 Å². The van der Waals surface area contributed by atoms with Gasteiger partial charge in [0.25, 0.3) is 0 Å². The minimum atomic E-state index is -0.768. The number of rotatable bonds is 2. The quantitative estimate of drug-likeness (QED) is 0.704. The van der Waals surface area contributed by atoms with Crippen LogP contribution in [0, 0.1) is 11.6 Å². The van der Waals surface area contributed by atoms with Gasteiger partial charge in [-0.15, -0.1) is 0 Å². The number of nitrogens with zero attached hydrogens (tertiary/aromatic N) is 1. The van der Waals surface area contributed by atoms with E-state index in [1.54, 1.807) is 6.07 Å². The molecule has 0 bridgehead atoms. The molecule has 1 fully saturated rings. The molecule has 3 heteroatoms. The van der Waals surface area contributed by atoms with Crippen molar-refractivity contribution in [3.05, 3.63) is 35.4 Å². The first-order chi connectivity index (χ1) is 6.75. The van der Waals surface area contributed by atoms with Crippen LogP contribution in [0.1, 0.15) is 18.4 Å². The Bertz CT molecular complexity index is 319. The molecular formula is C11H13F2N. The highest BCUT2D eigenvalue weighted by Gasteiger charge is 2.12. The van der Waals surface area contributed by atoms with Gasteiger partial charge in [0.1, 0.15) is 0 Å². The van der Waals surface area contributed by atoms with Gasteiger partial charge in [-0.05, 0) is 43.6 Å². The maximum Gasteiger partial charge on any atom is 0.159 e. The fourth-order valence-corrected chi connectivity index (χ4v) is 1.84. The number of likely N-dealkylation sites (tertiary alicyclic amines) is 1. The zero-order valence-corrected chi connectivity index (χ0v) is 7.97. The Morgan fingerprint density at radius 3 is 2.43 bits per heavy atom. The van der Waals surface area contributed by atoms with Crippen molar-refractivity contribution in [1.29, 1.82) is 0 Å². The van der Waals surface area contributed by atoms with Crippen molar-refractivity contribution in [3.63, 3.8) is 0 Å². The Kier molecular flexibility index (Phi) is 2.77. The maximum absolute atomic E-state index is 12.9. The zero-order valence-electron chi connectivity index (χ0n) is 7.97. The molecule has 0 unspecified atom stereocenters. The molecule has 0 saturated carbocycles. The van der Waals surface area contributed by atoms with Crippen LogP contribution >= 0.6 is 0 Å². The molecule has 14 heavy (non-hydrogen) atoms. The lowest BCUT2D eigenvalue weighted by Gasteiger charge is -2.14. The normalized spacial score (nSPS) is 17.6. The summed E-state index contributed by atoms with van der Waals surface area (Å²) < 4.78 is 25.5. The van der Waals surface area contributed by atoms with E-state index in [0.717, 1.165) is 25.2 Å². The molecule has 1 nitrogen and oxygen atoms in total. The molecule has 0 amide bonds. The van der Waals surface area contributed by atoms with E-state index < -0.39 is 11.6 Å². The fraction of sp³-hybridized carbons (Fsp3) is 0.455. The summed E-state index contributed by atoms with van der Waals surface area (Å²) in [7, 11) is 0. The third kappa shape index (κ3) is 2.10. The van der Waals surface area contributed by atoms with E-state index in [2.05, 4.69) is 4.90 Å². The van der Waals surface area contributed by atoms with Crippen molar-refractivity contribution in [2.45, 2.75) is 19.4 Å². The van der Waals surface area contributed by atoms with Crippen molar-refractivity contribution in [2.75, 3.05) is 13.1 Å². The van der Waals surface area contributed by atoms with Gasteiger partial charge in [-0.1, -0.05) is 6.07 Å². The van der Waals surface area contributed by atoms with Gasteiger partial charge in [0.15, 0.2) is 11.6 Å². The molecule has 1 aliphatic heterocycles. The fourth-order valence-electron chi connectivity index (χ4n) is 1.84. The molecule has 0 atom stereocenters. The molecular weight excluding hydrogens is 184 g/mol. The van der Waals surface area contributed by atoms with Crippen molar-refractivity contribution >= 4 is 0 Å². The van der Waals surface area contributed by atoms with E-state index in [9.17, 15) is 8.78 Å². The predicted molar refractivity (Wildman–Crippen MR) is 50.9 cm³/mol. The van der Waals surface area contributed by atoms with Crippen LogP contribution in [0.25, 0.3) is 0 Å². The van der Waals surface area contributed by atoms with Crippen molar-refractivity contribution < 1.29 is 8.78 Å². The molecule has 0 radical (unpaired) electrons. The minimum absolute atomic E-state index is 0.733. The second-order valence-electron chi connectivity index (χ2n) is 3.73. The van der Waals surface area contributed by atoms with Crippen molar-refractivity contribution in [3.8, 4) is 0 Å². The molecule has 1 heterocycles. The van der Waals surface area contributed by atoms with E-state index in [0.29, 0.717) is 0 Å². The van der Waals surface area contributed by atoms with Gasteiger partial charge in [0.2, 0.25) is 0 Å². The second-order valence-corrected chi connectivity index (χ2v) is 3.73. The molecule has 1 aromatic carbocycles. The molecule has 1 aromatic rings. The first-order valence-electron chi connectivity index (χ1n) is 4.92. The lowest BCUT2D eigenvalue weighted by Crippen LogP contribution is -2.18. The molecule has 0 aromatic heterocycles. The average Bonchev–Trinajstić information content (AvgIpc) is 2.64. The first kappa shape index (κ1) is 9.59. The third-order valence-electron chi connectivity index (χ3n) is 2.59. The van der Waals surface area contributed by atoms with Gasteiger partial charge in [0, 0.05) is 6.54 Å². The summed E-state index contributed by atoms with van der Waals surface area (Å²) in [4.78, 5) is 2.26. The first-order valence-corrected chi connectivity index (χ1v) is 4.92. The van der Waals surface area contributed by atoms with Crippen LogP contribution in [-0.4, -0.2) is 18.0 Å². The largest absolute Gasteiger partial charge is 0.299 e. The van der Waals surface area contributed by atoms with E-state index in [-0.39, 0.29) is 0 Å². The lowest BCUT2D eigenvalue weighted by molar-refractivity contribution is 0.330. The standard InChI is InChI=1S/C11H13F2N/c12-10-4-3-9(7-11(10)13)8-14-5-1-2-6-14/h3-4,7H,1-2,5-6,8H2. The maximum atomic E-state index is 12.9. The summed E-state index contributed by atoms with van der Waals surface area (Å²) in [6.07, 6.45) is 2.42. The minimum Gasteiger partial charge on any atom is -0.299 e. The van der Waals surface area contributed by atoms with Crippen LogP contribution in [0.15, 0.2) is 18.2 Å². The van der Waals surface area contributed by atoms with E-state index >= 15 is 0 Å². The monoisotopic (exact) mass is 197 g/mol. The van der Waals surface area contributed by atoms with Crippen molar-refractivity contribution in [1.82, 2.24) is 4.90 Å². The number of benzene rings is 1. The molecule has 0 spiro atoms. The molecule has 1 aliphatic rings. The molecule has 0 N–H and O–H groups in total. The van der Waals surface area contributed by atoms with Gasteiger partial charge in [-0.2, -0.15) is 0 Å². The summed E-state index contributed by atoms with van der Waals surface area (Å²) in [5.74, 6) is -1.52. The Morgan fingerprint density at radius 2 is 1.79 bits per heavy atom. The van der Waals surface area contributed by atoms with E-state index in [1.165, 1.54) is 25.0 Å². The highest BCUT2D eigenvalue weighted by Crippen LogP contribution is 2.14. The van der Waals surface area contributed by atoms with Crippen LogP contribution in [0.5, 0.6) is 0 Å². The smallest absolute Gasteiger partial charge is 0.159 e. The van der Waals surface area contributed by atoms with Crippen LogP contribution in [0.4, 0.5) is 8.78 Å². The van der Waals surface area contributed by atoms with Crippen LogP contribution < -0.4 is 0 Å². The van der Waals surface area contributed by atoms with Crippen molar-refractivity contribution in [2.24, 2.45) is 0 Å². The second kappa shape index (κ2) is 4.05. The van der Waals surface area contributed by atoms with Crippen LogP contribution in [-0.2, 0) is 6.54 Å². The van der Waals surface area contributed by atoms with Gasteiger partial charge in [-0.3, -0.25) is 4.90 Å². The molecule has 0 aliphatic carbocycles. The molecule has 2 rings (SSSR count). The zero-order chi connectivity index (χ0) is 9.97. The summed E-state index contributed by atoms with van der Waals surface area (Å²) in [5.41, 5.74) is 0.853. The van der Waals surface area contributed by atoms with Crippen LogP contribution in [0.2, 0.25) is 0 Å². The third-order valence-corrected chi connectivity index (χ3v) is 2.59. The van der Waals surface area contributed by atoms with E-state index in [4.69, 9.17) is 0 Å². The van der Waals surface area contributed by atoms with Gasteiger partial charge in [-0.25, -0.2) is 8.78 Å². The van der Waals surface area contributed by atoms with Gasteiger partial charge >= 0.3 is 0 Å². The summed E-state index contributed by atoms with van der Waals surface area (Å²) >= 11 is 0. The average molecular weight is 197 g/mol. The highest BCUT2D eigenvalue weighted by molar-refractivity contribution is 5.17. The summed E-state index contributed by atoms with van der Waals surface area (Å²) in [5, 5.41) is 0.